The first-order chi connectivity index (χ1) is 7.26. The molecule has 0 bridgehead atoms. The van der Waals surface area contributed by atoms with Crippen molar-refractivity contribution in [3.05, 3.63) is 28.7 Å². The van der Waals surface area contributed by atoms with E-state index < -0.39 is 0 Å². The van der Waals surface area contributed by atoms with Gasteiger partial charge < -0.3 is 15.8 Å². The summed E-state index contributed by atoms with van der Waals surface area (Å²) < 4.78 is 6.30. The maximum Gasteiger partial charge on any atom is 0.0574 e. The van der Waals surface area contributed by atoms with Crippen molar-refractivity contribution in [2.24, 2.45) is 11.1 Å². The minimum Gasteiger partial charge on any atom is -0.383 e. The van der Waals surface area contributed by atoms with E-state index in [-0.39, 0.29) is 5.41 Å². The summed E-state index contributed by atoms with van der Waals surface area (Å²) in [6, 6.07) is 8.09. The highest BCUT2D eigenvalue weighted by molar-refractivity contribution is 9.10. The molecule has 0 radical (unpaired) electrons. The maximum absolute atomic E-state index is 5.74. The van der Waals surface area contributed by atoms with Crippen molar-refractivity contribution in [1.82, 2.24) is 0 Å². The van der Waals surface area contributed by atoms with Crippen LogP contribution in [0, 0.1) is 5.41 Å². The van der Waals surface area contributed by atoms with E-state index in [1.165, 1.54) is 0 Å². The Morgan fingerprint density at radius 1 is 1.40 bits per heavy atom. The molecule has 0 aromatic heterocycles. The fourth-order valence-corrected chi connectivity index (χ4v) is 2.00. The largest absolute Gasteiger partial charge is 0.383 e. The number of para-hydroxylation sites is 1. The Morgan fingerprint density at radius 3 is 2.67 bits per heavy atom. The Hall–Kier alpha value is -0.580. The van der Waals surface area contributed by atoms with Crippen molar-refractivity contribution >= 4 is 21.6 Å². The number of rotatable bonds is 4. The van der Waals surface area contributed by atoms with Gasteiger partial charge in [-0.25, -0.2) is 0 Å². The highest BCUT2D eigenvalue weighted by Gasteiger charge is 2.36. The average molecular weight is 271 g/mol. The summed E-state index contributed by atoms with van der Waals surface area (Å²) in [5.74, 6) is 0. The highest BCUT2D eigenvalue weighted by atomic mass is 79.9. The third-order valence-corrected chi connectivity index (χ3v) is 3.47. The van der Waals surface area contributed by atoms with E-state index in [1.54, 1.807) is 0 Å². The molecule has 0 spiro atoms. The summed E-state index contributed by atoms with van der Waals surface area (Å²) in [6.07, 6.45) is 0. The molecular weight excluding hydrogens is 256 g/mol. The van der Waals surface area contributed by atoms with Crippen LogP contribution in [-0.4, -0.2) is 26.3 Å². The third-order valence-electron chi connectivity index (χ3n) is 2.78. The predicted molar refractivity (Wildman–Crippen MR) is 64.9 cm³/mol. The van der Waals surface area contributed by atoms with Gasteiger partial charge >= 0.3 is 0 Å². The van der Waals surface area contributed by atoms with E-state index in [4.69, 9.17) is 10.5 Å². The van der Waals surface area contributed by atoms with Crippen LogP contribution in [0.4, 0.5) is 5.69 Å². The van der Waals surface area contributed by atoms with Crippen LogP contribution in [0.25, 0.3) is 0 Å². The molecule has 1 heterocycles. The topological polar surface area (TPSA) is 47.3 Å². The summed E-state index contributed by atoms with van der Waals surface area (Å²) in [4.78, 5) is 0. The van der Waals surface area contributed by atoms with E-state index >= 15 is 0 Å². The average Bonchev–Trinajstić information content (AvgIpc) is 2.19. The summed E-state index contributed by atoms with van der Waals surface area (Å²) in [5.41, 5.74) is 6.98. The van der Waals surface area contributed by atoms with E-state index in [1.807, 2.05) is 24.3 Å². The van der Waals surface area contributed by atoms with Crippen molar-refractivity contribution in [2.75, 3.05) is 31.6 Å². The van der Waals surface area contributed by atoms with Crippen LogP contribution in [0.5, 0.6) is 0 Å². The van der Waals surface area contributed by atoms with Gasteiger partial charge in [0.05, 0.1) is 13.2 Å². The number of halogens is 1. The summed E-state index contributed by atoms with van der Waals surface area (Å²) >= 11 is 3.50. The summed E-state index contributed by atoms with van der Waals surface area (Å²) in [7, 11) is 0. The van der Waals surface area contributed by atoms with Crippen LogP contribution in [0.2, 0.25) is 0 Å². The van der Waals surface area contributed by atoms with Crippen LogP contribution >= 0.6 is 15.9 Å². The van der Waals surface area contributed by atoms with Gasteiger partial charge in [-0.3, -0.25) is 0 Å². The van der Waals surface area contributed by atoms with Gasteiger partial charge in [-0.2, -0.15) is 0 Å². The van der Waals surface area contributed by atoms with E-state index in [9.17, 15) is 0 Å². The number of hydrogen-bond donors (Lipinski definition) is 2. The molecule has 2 rings (SSSR count). The molecule has 0 unspecified atom stereocenters. The standard InChI is InChI=1S/C11H15BrN2O/c12-9-3-1-2-4-10(9)14-6-11(5-13)7-15-8-11/h1-4,14H,5-8,13H2. The van der Waals surface area contributed by atoms with Crippen LogP contribution in [0.15, 0.2) is 28.7 Å². The van der Waals surface area contributed by atoms with Crippen LogP contribution in [-0.2, 0) is 4.74 Å². The molecule has 0 atom stereocenters. The molecule has 1 fully saturated rings. The van der Waals surface area contributed by atoms with Crippen LogP contribution in [0.3, 0.4) is 0 Å². The Morgan fingerprint density at radius 2 is 2.13 bits per heavy atom. The predicted octanol–water partition coefficient (Wildman–Crippen LogP) is 1.84. The molecule has 4 heteroatoms. The van der Waals surface area contributed by atoms with Gasteiger partial charge in [-0.1, -0.05) is 12.1 Å². The number of benzene rings is 1. The Bertz CT molecular complexity index is 334. The number of anilines is 1. The van der Waals surface area contributed by atoms with Gasteiger partial charge in [0, 0.05) is 28.7 Å². The molecule has 0 saturated carbocycles. The molecule has 1 aliphatic rings. The number of nitrogens with one attached hydrogen (secondary N) is 1. The maximum atomic E-state index is 5.74. The first kappa shape index (κ1) is 10.9. The third kappa shape index (κ3) is 2.33. The lowest BCUT2D eigenvalue weighted by molar-refractivity contribution is -0.0979. The SMILES string of the molecule is NCC1(CNc2ccccc2Br)COC1. The van der Waals surface area contributed by atoms with E-state index in [2.05, 4.69) is 21.2 Å². The van der Waals surface area contributed by atoms with Crippen molar-refractivity contribution in [3.8, 4) is 0 Å². The van der Waals surface area contributed by atoms with E-state index in [0.29, 0.717) is 6.54 Å². The van der Waals surface area contributed by atoms with Crippen LogP contribution < -0.4 is 11.1 Å². The molecule has 1 saturated heterocycles. The van der Waals surface area contributed by atoms with Crippen molar-refractivity contribution in [2.45, 2.75) is 0 Å². The van der Waals surface area contributed by atoms with Gasteiger partial charge in [-0.15, -0.1) is 0 Å². The molecule has 3 N–H and O–H groups in total. The Kier molecular flexibility index (Phi) is 3.29. The lowest BCUT2D eigenvalue weighted by atomic mass is 9.86. The van der Waals surface area contributed by atoms with E-state index in [0.717, 1.165) is 29.9 Å². The fraction of sp³-hybridized carbons (Fsp3) is 0.455. The zero-order valence-electron chi connectivity index (χ0n) is 8.50. The second-order valence-corrected chi connectivity index (χ2v) is 4.88. The lowest BCUT2D eigenvalue weighted by Gasteiger charge is -2.40. The zero-order chi connectivity index (χ0) is 10.7. The van der Waals surface area contributed by atoms with Crippen LogP contribution in [0.1, 0.15) is 0 Å². The summed E-state index contributed by atoms with van der Waals surface area (Å²) in [6.45, 7) is 3.07. The number of nitrogens with two attached hydrogens (primary N) is 1. The minimum absolute atomic E-state index is 0.134. The Labute approximate surface area is 98.1 Å². The first-order valence-corrected chi connectivity index (χ1v) is 5.81. The minimum atomic E-state index is 0.134. The lowest BCUT2D eigenvalue weighted by Crippen LogP contribution is -2.52. The molecule has 1 aromatic carbocycles. The van der Waals surface area contributed by atoms with Gasteiger partial charge in [0.2, 0.25) is 0 Å². The molecule has 15 heavy (non-hydrogen) atoms. The second-order valence-electron chi connectivity index (χ2n) is 4.03. The van der Waals surface area contributed by atoms with Crippen molar-refractivity contribution < 1.29 is 4.74 Å². The number of hydrogen-bond acceptors (Lipinski definition) is 3. The number of ether oxygens (including phenoxy) is 1. The monoisotopic (exact) mass is 270 g/mol. The molecule has 0 aliphatic carbocycles. The van der Waals surface area contributed by atoms with Gasteiger partial charge in [0.15, 0.2) is 0 Å². The highest BCUT2D eigenvalue weighted by Crippen LogP contribution is 2.28. The molecular formula is C11H15BrN2O. The van der Waals surface area contributed by atoms with Crippen molar-refractivity contribution in [3.63, 3.8) is 0 Å². The van der Waals surface area contributed by atoms with Gasteiger partial charge in [0.25, 0.3) is 0 Å². The quantitative estimate of drug-likeness (QED) is 0.878. The molecule has 3 nitrogen and oxygen atoms in total. The molecule has 1 aliphatic heterocycles. The summed E-state index contributed by atoms with van der Waals surface area (Å²) in [5, 5.41) is 3.40. The second kappa shape index (κ2) is 4.51. The first-order valence-electron chi connectivity index (χ1n) is 5.02. The zero-order valence-corrected chi connectivity index (χ0v) is 10.1. The molecule has 82 valence electrons. The van der Waals surface area contributed by atoms with Gasteiger partial charge in [0.1, 0.15) is 0 Å². The normalized spacial score (nSPS) is 18.3. The fourth-order valence-electron chi connectivity index (χ4n) is 1.57. The smallest absolute Gasteiger partial charge is 0.0574 e. The van der Waals surface area contributed by atoms with Gasteiger partial charge in [-0.05, 0) is 28.1 Å². The molecule has 0 amide bonds. The van der Waals surface area contributed by atoms with Crippen molar-refractivity contribution in [1.29, 1.82) is 0 Å². The Balaban J connectivity index is 1.95. The molecule has 1 aromatic rings.